The molecule has 0 heterocycles. The number of methoxy groups -OCH3 is 1. The van der Waals surface area contributed by atoms with E-state index in [1.54, 1.807) is 7.11 Å². The quantitative estimate of drug-likeness (QED) is 0.438. The van der Waals surface area contributed by atoms with E-state index in [-0.39, 0.29) is 0 Å². The fraction of sp³-hybridized carbons (Fsp3) is 0.632. The highest BCUT2D eigenvalue weighted by atomic mass is 16.5. The fourth-order valence-corrected chi connectivity index (χ4v) is 3.22. The number of guanidine groups is 1. The average Bonchev–Trinajstić information content (AvgIpc) is 3.09. The monoisotopic (exact) mass is 317 g/mol. The summed E-state index contributed by atoms with van der Waals surface area (Å²) in [5.41, 5.74) is 2.45. The van der Waals surface area contributed by atoms with Crippen LogP contribution in [0.5, 0.6) is 0 Å². The summed E-state index contributed by atoms with van der Waals surface area (Å²) in [6, 6.07) is 8.49. The van der Waals surface area contributed by atoms with Crippen molar-refractivity contribution in [2.24, 2.45) is 10.9 Å². The van der Waals surface area contributed by atoms with Crippen molar-refractivity contribution in [3.63, 3.8) is 0 Å². The molecular weight excluding hydrogens is 286 g/mol. The summed E-state index contributed by atoms with van der Waals surface area (Å²) in [5, 5.41) is 6.79. The van der Waals surface area contributed by atoms with E-state index in [4.69, 9.17) is 4.74 Å². The predicted octanol–water partition coefficient (Wildman–Crippen LogP) is 3.47. The van der Waals surface area contributed by atoms with Crippen LogP contribution in [0, 0.1) is 5.92 Å². The second-order valence-corrected chi connectivity index (χ2v) is 6.39. The van der Waals surface area contributed by atoms with Gasteiger partial charge in [0, 0.05) is 27.2 Å². The molecule has 128 valence electrons. The lowest BCUT2D eigenvalue weighted by Gasteiger charge is -2.13. The number of rotatable bonds is 8. The van der Waals surface area contributed by atoms with Crippen LogP contribution in [0.25, 0.3) is 0 Å². The standard InChI is InChI=1S/C19H31N3O/c1-20-19(21-13-5-8-16-6-3-4-7-16)22-14-17-9-11-18(12-10-17)15-23-2/h9-12,16H,3-8,13-15H2,1-2H3,(H2,20,21,22). The van der Waals surface area contributed by atoms with Crippen LogP contribution < -0.4 is 10.6 Å². The highest BCUT2D eigenvalue weighted by Gasteiger charge is 2.13. The minimum atomic E-state index is 0.665. The number of nitrogens with one attached hydrogen (secondary N) is 2. The summed E-state index contributed by atoms with van der Waals surface area (Å²) < 4.78 is 5.13. The topological polar surface area (TPSA) is 45.7 Å². The first-order valence-electron chi connectivity index (χ1n) is 8.83. The third-order valence-corrected chi connectivity index (χ3v) is 4.57. The van der Waals surface area contributed by atoms with Gasteiger partial charge < -0.3 is 15.4 Å². The minimum Gasteiger partial charge on any atom is -0.380 e. The van der Waals surface area contributed by atoms with Gasteiger partial charge in [0.05, 0.1) is 6.61 Å². The van der Waals surface area contributed by atoms with Crippen LogP contribution in [0.15, 0.2) is 29.3 Å². The maximum absolute atomic E-state index is 5.13. The van der Waals surface area contributed by atoms with Gasteiger partial charge in [0.25, 0.3) is 0 Å². The van der Waals surface area contributed by atoms with Crippen molar-refractivity contribution in [1.82, 2.24) is 10.6 Å². The Labute approximate surface area is 140 Å². The second kappa shape index (κ2) is 10.3. The molecule has 0 amide bonds. The minimum absolute atomic E-state index is 0.665. The van der Waals surface area contributed by atoms with E-state index in [0.717, 1.165) is 25.0 Å². The lowest BCUT2D eigenvalue weighted by atomic mass is 10.0. The van der Waals surface area contributed by atoms with Crippen LogP contribution in [-0.2, 0) is 17.9 Å². The van der Waals surface area contributed by atoms with Gasteiger partial charge in [0.15, 0.2) is 5.96 Å². The largest absolute Gasteiger partial charge is 0.380 e. The van der Waals surface area contributed by atoms with Crippen molar-refractivity contribution in [3.8, 4) is 0 Å². The Morgan fingerprint density at radius 1 is 1.13 bits per heavy atom. The molecule has 4 nitrogen and oxygen atoms in total. The van der Waals surface area contributed by atoms with E-state index in [2.05, 4.69) is 39.9 Å². The Morgan fingerprint density at radius 2 is 1.83 bits per heavy atom. The van der Waals surface area contributed by atoms with Crippen LogP contribution in [0.1, 0.15) is 49.7 Å². The zero-order valence-corrected chi connectivity index (χ0v) is 14.6. The summed E-state index contributed by atoms with van der Waals surface area (Å²) in [6.45, 7) is 2.45. The molecular formula is C19H31N3O. The van der Waals surface area contributed by atoms with Crippen molar-refractivity contribution in [1.29, 1.82) is 0 Å². The van der Waals surface area contributed by atoms with Crippen molar-refractivity contribution < 1.29 is 4.74 Å². The maximum Gasteiger partial charge on any atom is 0.191 e. The molecule has 0 aromatic heterocycles. The molecule has 1 saturated carbocycles. The first kappa shape index (κ1) is 17.8. The lowest BCUT2D eigenvalue weighted by molar-refractivity contribution is 0.185. The normalized spacial score (nSPS) is 15.8. The van der Waals surface area contributed by atoms with Crippen molar-refractivity contribution in [3.05, 3.63) is 35.4 Å². The van der Waals surface area contributed by atoms with E-state index in [1.165, 1.54) is 49.7 Å². The van der Waals surface area contributed by atoms with Crippen molar-refractivity contribution >= 4 is 5.96 Å². The van der Waals surface area contributed by atoms with Gasteiger partial charge >= 0.3 is 0 Å². The number of benzene rings is 1. The van der Waals surface area contributed by atoms with E-state index >= 15 is 0 Å². The van der Waals surface area contributed by atoms with Crippen LogP contribution >= 0.6 is 0 Å². The van der Waals surface area contributed by atoms with E-state index in [9.17, 15) is 0 Å². The highest BCUT2D eigenvalue weighted by molar-refractivity contribution is 5.79. The summed E-state index contributed by atoms with van der Waals surface area (Å²) in [5.74, 6) is 1.86. The van der Waals surface area contributed by atoms with Gasteiger partial charge in [-0.05, 0) is 29.9 Å². The van der Waals surface area contributed by atoms with E-state index in [0.29, 0.717) is 6.61 Å². The molecule has 4 heteroatoms. The summed E-state index contributed by atoms with van der Waals surface area (Å²) in [4.78, 5) is 4.29. The molecule has 0 bridgehead atoms. The molecule has 2 rings (SSSR count). The zero-order chi connectivity index (χ0) is 16.3. The molecule has 1 aromatic carbocycles. The number of hydrogen-bond acceptors (Lipinski definition) is 2. The smallest absolute Gasteiger partial charge is 0.191 e. The van der Waals surface area contributed by atoms with Crippen LogP contribution in [0.3, 0.4) is 0 Å². The first-order chi connectivity index (χ1) is 11.3. The molecule has 23 heavy (non-hydrogen) atoms. The summed E-state index contributed by atoms with van der Waals surface area (Å²) >= 11 is 0. The van der Waals surface area contributed by atoms with E-state index in [1.807, 2.05) is 7.05 Å². The second-order valence-electron chi connectivity index (χ2n) is 6.39. The Kier molecular flexibility index (Phi) is 7.95. The molecule has 0 saturated heterocycles. The van der Waals surface area contributed by atoms with Crippen LogP contribution in [0.4, 0.5) is 0 Å². The average molecular weight is 317 g/mol. The molecule has 0 atom stereocenters. The van der Waals surface area contributed by atoms with Gasteiger partial charge in [-0.15, -0.1) is 0 Å². The van der Waals surface area contributed by atoms with Gasteiger partial charge in [-0.25, -0.2) is 0 Å². The molecule has 2 N–H and O–H groups in total. The maximum atomic E-state index is 5.13. The Balaban J connectivity index is 1.63. The SMILES string of the molecule is CN=C(NCCCC1CCCC1)NCc1ccc(COC)cc1. The Bertz CT molecular complexity index is 464. The predicted molar refractivity (Wildman–Crippen MR) is 96.5 cm³/mol. The van der Waals surface area contributed by atoms with Crippen LogP contribution in [0.2, 0.25) is 0 Å². The number of ether oxygens (including phenoxy) is 1. The van der Waals surface area contributed by atoms with Gasteiger partial charge in [0.2, 0.25) is 0 Å². The molecule has 0 radical (unpaired) electrons. The fourth-order valence-electron chi connectivity index (χ4n) is 3.22. The van der Waals surface area contributed by atoms with Gasteiger partial charge in [-0.2, -0.15) is 0 Å². The molecule has 1 fully saturated rings. The van der Waals surface area contributed by atoms with E-state index < -0.39 is 0 Å². The summed E-state index contributed by atoms with van der Waals surface area (Å²) in [6.07, 6.45) is 8.33. The first-order valence-corrected chi connectivity index (χ1v) is 8.83. The van der Waals surface area contributed by atoms with Crippen LogP contribution in [-0.4, -0.2) is 26.7 Å². The number of hydrogen-bond donors (Lipinski definition) is 2. The Hall–Kier alpha value is -1.55. The van der Waals surface area contributed by atoms with Crippen molar-refractivity contribution in [2.45, 2.75) is 51.7 Å². The highest BCUT2D eigenvalue weighted by Crippen LogP contribution is 2.28. The third kappa shape index (κ3) is 6.61. The summed E-state index contributed by atoms with van der Waals surface area (Å²) in [7, 11) is 3.55. The van der Waals surface area contributed by atoms with Gasteiger partial charge in [-0.3, -0.25) is 4.99 Å². The molecule has 1 aliphatic carbocycles. The third-order valence-electron chi connectivity index (χ3n) is 4.57. The zero-order valence-electron chi connectivity index (χ0n) is 14.6. The number of nitrogens with zero attached hydrogens (tertiary/aromatic N) is 1. The molecule has 0 unspecified atom stereocenters. The van der Waals surface area contributed by atoms with Gasteiger partial charge in [-0.1, -0.05) is 49.9 Å². The molecule has 0 spiro atoms. The van der Waals surface area contributed by atoms with Crippen molar-refractivity contribution in [2.75, 3.05) is 20.7 Å². The molecule has 0 aliphatic heterocycles. The molecule has 1 aromatic rings. The number of aliphatic imine (C=N–C) groups is 1. The lowest BCUT2D eigenvalue weighted by Crippen LogP contribution is -2.37. The van der Waals surface area contributed by atoms with Gasteiger partial charge in [0.1, 0.15) is 0 Å². The molecule has 1 aliphatic rings. The Morgan fingerprint density at radius 3 is 2.48 bits per heavy atom.